The zero-order valence-corrected chi connectivity index (χ0v) is 32.7. The summed E-state index contributed by atoms with van der Waals surface area (Å²) in [6.07, 6.45) is 4.86. The van der Waals surface area contributed by atoms with E-state index in [0.29, 0.717) is 51.8 Å². The van der Waals surface area contributed by atoms with Crippen LogP contribution < -0.4 is 5.32 Å². The van der Waals surface area contributed by atoms with E-state index in [1.165, 1.54) is 0 Å². The van der Waals surface area contributed by atoms with E-state index in [1.807, 2.05) is 69.3 Å². The maximum atomic E-state index is 12.3. The summed E-state index contributed by atoms with van der Waals surface area (Å²) in [5.74, 6) is -0.911. The Morgan fingerprint density at radius 3 is 1.79 bits per heavy atom. The Hall–Kier alpha value is -3.97. The van der Waals surface area contributed by atoms with Gasteiger partial charge in [-0.3, -0.25) is 9.59 Å². The van der Waals surface area contributed by atoms with Crippen molar-refractivity contribution in [2.45, 2.75) is 95.7 Å². The number of hydrogen-bond donors (Lipinski definition) is 1. The monoisotopic (exact) mass is 756 g/mol. The molecule has 2 aliphatic rings. The molecule has 1 amide bonds. The van der Waals surface area contributed by atoms with Gasteiger partial charge < -0.3 is 29.4 Å². The van der Waals surface area contributed by atoms with E-state index >= 15 is 0 Å². The largest absolute Gasteiger partial charge is 0.466 e. The summed E-state index contributed by atoms with van der Waals surface area (Å²) in [5, 5.41) is 3.27. The van der Waals surface area contributed by atoms with Crippen LogP contribution in [0.1, 0.15) is 88.5 Å². The van der Waals surface area contributed by atoms with Crippen LogP contribution in [0.25, 0.3) is 9.69 Å². The minimum atomic E-state index is -3.28. The fourth-order valence-corrected chi connectivity index (χ4v) is 7.33. The van der Waals surface area contributed by atoms with E-state index in [2.05, 4.69) is 15.0 Å². The Bertz CT molecular complexity index is 1710. The lowest BCUT2D eigenvalue weighted by Gasteiger charge is -2.35. The third-order valence-electron chi connectivity index (χ3n) is 9.14. The third-order valence-corrected chi connectivity index (χ3v) is 9.98. The van der Waals surface area contributed by atoms with Crippen molar-refractivity contribution in [2.24, 2.45) is 0 Å². The minimum Gasteiger partial charge on any atom is -0.466 e. The first-order valence-electron chi connectivity index (χ1n) is 17.5. The molecule has 1 N–H and O–H groups in total. The van der Waals surface area contributed by atoms with Gasteiger partial charge in [0.25, 0.3) is 11.1 Å². The van der Waals surface area contributed by atoms with Crippen molar-refractivity contribution in [1.29, 1.82) is 0 Å². The summed E-state index contributed by atoms with van der Waals surface area (Å²) in [5.41, 5.74) is 2.18. The predicted octanol–water partition coefficient (Wildman–Crippen LogP) is 6.48. The summed E-state index contributed by atoms with van der Waals surface area (Å²) in [6.45, 7) is 25.8. The van der Waals surface area contributed by atoms with Crippen LogP contribution in [0.3, 0.4) is 0 Å². The number of nitrogens with zero attached hydrogens (tertiary/aromatic N) is 3. The molecule has 2 aromatic carbocycles. The normalized spacial score (nSPS) is 16.4. The molecule has 2 aliphatic heterocycles. The average molecular weight is 757 g/mol. The first-order valence-corrected chi connectivity index (χ1v) is 19.6. The lowest BCUT2D eigenvalue weighted by atomic mass is 9.78. The number of ether oxygens (including phenoxy) is 2. The molecular formula is C39H53ClN4O7S. The van der Waals surface area contributed by atoms with Crippen LogP contribution in [0.5, 0.6) is 0 Å². The second-order valence-electron chi connectivity index (χ2n) is 14.2. The van der Waals surface area contributed by atoms with Crippen molar-refractivity contribution >= 4 is 40.1 Å². The highest BCUT2D eigenvalue weighted by atomic mass is 35.5. The maximum Gasteiger partial charge on any atom is 0.410 e. The molecule has 0 aromatic heterocycles. The van der Waals surface area contributed by atoms with Crippen molar-refractivity contribution in [1.82, 2.24) is 10.2 Å². The molecule has 0 aliphatic carbocycles. The summed E-state index contributed by atoms with van der Waals surface area (Å²) >= 11 is 0. The molecule has 0 unspecified atom stereocenters. The van der Waals surface area contributed by atoms with Crippen molar-refractivity contribution in [3.8, 4) is 0 Å². The molecule has 2 heterocycles. The van der Waals surface area contributed by atoms with Gasteiger partial charge in [-0.15, -0.1) is 12.4 Å². The number of amides is 1. The lowest BCUT2D eigenvalue weighted by Crippen LogP contribution is -2.46. The van der Waals surface area contributed by atoms with E-state index in [9.17, 15) is 22.8 Å². The zero-order chi connectivity index (χ0) is 37.7. The van der Waals surface area contributed by atoms with Crippen molar-refractivity contribution < 1.29 is 32.3 Å². The quantitative estimate of drug-likeness (QED) is 0.204. The number of sulfone groups is 1. The summed E-state index contributed by atoms with van der Waals surface area (Å²) in [4.78, 5) is 45.5. The van der Waals surface area contributed by atoms with Gasteiger partial charge in [0, 0.05) is 82.1 Å². The maximum absolute atomic E-state index is 12.3. The number of benzene rings is 2. The van der Waals surface area contributed by atoms with Crippen molar-refractivity contribution in [2.75, 3.05) is 44.8 Å². The number of carbonyl (C=O) groups is 3. The van der Waals surface area contributed by atoms with Crippen molar-refractivity contribution in [3.63, 3.8) is 0 Å². The molecule has 0 bridgehead atoms. The van der Waals surface area contributed by atoms with Crippen LogP contribution in [0.4, 0.5) is 4.79 Å². The first-order chi connectivity index (χ1) is 24.1. The number of likely N-dealkylation sites (tertiary alicyclic amines) is 1. The molecular weight excluding hydrogens is 704 g/mol. The molecule has 52 heavy (non-hydrogen) atoms. The molecule has 2 saturated heterocycles. The number of rotatable bonds is 11. The van der Waals surface area contributed by atoms with Gasteiger partial charge in [-0.25, -0.2) is 26.4 Å². The van der Waals surface area contributed by atoms with E-state index < -0.39 is 32.3 Å². The zero-order valence-electron chi connectivity index (χ0n) is 31.0. The average Bonchev–Trinajstić information content (AvgIpc) is 3.09. The van der Waals surface area contributed by atoms with Gasteiger partial charge in [0.2, 0.25) is 0 Å². The minimum absolute atomic E-state index is 0. The SMILES string of the molecule is Cl.[C-]#[N+]C1(c2ccccc2CCC(=O)CS(C)(=O)=O)CCNCC1.[C-]#[N+]C1(c2ccccc2CCC(=O)OCC)CCN(C(=O)OC(C)(C)C)CC1. The van der Waals surface area contributed by atoms with Crippen LogP contribution in [0.2, 0.25) is 0 Å². The molecule has 0 radical (unpaired) electrons. The molecule has 0 saturated carbocycles. The summed E-state index contributed by atoms with van der Waals surface area (Å²) in [6, 6.07) is 15.5. The number of aryl methyl sites for hydroxylation is 2. The van der Waals surface area contributed by atoms with E-state index in [4.69, 9.17) is 22.6 Å². The van der Waals surface area contributed by atoms with Gasteiger partial charge in [0.1, 0.15) is 17.1 Å². The Morgan fingerprint density at radius 2 is 1.33 bits per heavy atom. The molecule has 0 spiro atoms. The van der Waals surface area contributed by atoms with Crippen LogP contribution in [-0.4, -0.2) is 81.6 Å². The third kappa shape index (κ3) is 12.9. The molecule has 0 atom stereocenters. The lowest BCUT2D eigenvalue weighted by molar-refractivity contribution is -0.143. The number of Topliss-reactive ketones (excluding diaryl/α,β-unsaturated/α-hetero) is 1. The fourth-order valence-electron chi connectivity index (χ4n) is 6.60. The Morgan fingerprint density at radius 1 is 0.846 bits per heavy atom. The number of carbonyl (C=O) groups excluding carboxylic acids is 3. The Kier molecular flexibility index (Phi) is 16.8. The second-order valence-corrected chi connectivity index (χ2v) is 16.4. The predicted molar refractivity (Wildman–Crippen MR) is 204 cm³/mol. The number of nitrogens with one attached hydrogen (secondary N) is 1. The number of hydrogen-bond acceptors (Lipinski definition) is 8. The highest BCUT2D eigenvalue weighted by Crippen LogP contribution is 2.40. The Balaban J connectivity index is 0.000000360. The van der Waals surface area contributed by atoms with Crippen molar-refractivity contribution in [3.05, 3.63) is 93.6 Å². The van der Waals surface area contributed by atoms with Gasteiger partial charge >= 0.3 is 12.1 Å². The highest BCUT2D eigenvalue weighted by Gasteiger charge is 2.45. The van der Waals surface area contributed by atoms with E-state index in [1.54, 1.807) is 11.8 Å². The number of halogens is 1. The number of ketones is 1. The first kappa shape index (κ1) is 44.2. The van der Waals surface area contributed by atoms with Crippen LogP contribution in [-0.2, 0) is 52.8 Å². The van der Waals surface area contributed by atoms with Gasteiger partial charge in [-0.05, 0) is 51.7 Å². The highest BCUT2D eigenvalue weighted by molar-refractivity contribution is 7.91. The van der Waals surface area contributed by atoms with Gasteiger partial charge in [0.15, 0.2) is 9.84 Å². The number of piperidine rings is 2. The molecule has 2 aromatic rings. The van der Waals surface area contributed by atoms with Gasteiger partial charge in [0.05, 0.1) is 6.61 Å². The topological polar surface area (TPSA) is 128 Å². The van der Waals surface area contributed by atoms with Gasteiger partial charge in [-0.2, -0.15) is 0 Å². The van der Waals surface area contributed by atoms with Crippen LogP contribution in [0.15, 0.2) is 48.5 Å². The second kappa shape index (κ2) is 19.8. The van der Waals surface area contributed by atoms with Crippen LogP contribution >= 0.6 is 12.4 Å². The number of esters is 1. The molecule has 13 heteroatoms. The fraction of sp³-hybridized carbons (Fsp3) is 0.564. The summed E-state index contributed by atoms with van der Waals surface area (Å²) in [7, 11) is -3.28. The smallest absolute Gasteiger partial charge is 0.410 e. The molecule has 2 fully saturated rings. The molecule has 284 valence electrons. The van der Waals surface area contributed by atoms with Crippen LogP contribution in [0, 0.1) is 13.1 Å². The van der Waals surface area contributed by atoms with E-state index in [-0.39, 0.29) is 36.7 Å². The molecule has 4 rings (SSSR count). The Labute approximate surface area is 315 Å². The summed E-state index contributed by atoms with van der Waals surface area (Å²) < 4.78 is 32.9. The standard InChI is InChI=1S/C22H30N2O4.C17H22N2O3S.ClH/c1-6-27-19(25)12-11-17-9-7-8-10-18(17)22(23-5)13-15-24(16-14-22)20(26)28-21(2,3)4;1-18-17(9-11-19-12-10-17)16-6-4-3-5-14(16)7-8-15(20)13-23(2,21)22;/h7-10H,6,11-16H2,1-4H3;3-6,19H,7-13H2,2H3;1H. The van der Waals surface area contributed by atoms with E-state index in [0.717, 1.165) is 54.4 Å². The van der Waals surface area contributed by atoms with Gasteiger partial charge in [-0.1, -0.05) is 48.5 Å². The molecule has 11 nitrogen and oxygen atoms in total.